The maximum absolute atomic E-state index is 11.9. The fourth-order valence-electron chi connectivity index (χ4n) is 1.95. The zero-order chi connectivity index (χ0) is 13.8. The van der Waals surface area contributed by atoms with Crippen LogP contribution >= 0.6 is 11.6 Å². The minimum Gasteiger partial charge on any atom is -0.350 e. The van der Waals surface area contributed by atoms with Crippen LogP contribution in [0, 0.1) is 13.8 Å². The maximum atomic E-state index is 11.9. The van der Waals surface area contributed by atoms with Gasteiger partial charge in [-0.2, -0.15) is 0 Å². The largest absolute Gasteiger partial charge is 0.350 e. The van der Waals surface area contributed by atoms with E-state index in [1.54, 1.807) is 0 Å². The molecule has 3 nitrogen and oxygen atoms in total. The van der Waals surface area contributed by atoms with Gasteiger partial charge in [-0.25, -0.2) is 0 Å². The lowest BCUT2D eigenvalue weighted by molar-refractivity contribution is -0.121. The first-order valence-corrected chi connectivity index (χ1v) is 6.58. The number of carbonyl (C=O) groups excluding carboxylic acids is 1. The van der Waals surface area contributed by atoms with Gasteiger partial charge in [0.05, 0.1) is 0 Å². The number of rotatable bonds is 4. The van der Waals surface area contributed by atoms with Crippen molar-refractivity contribution in [3.8, 4) is 0 Å². The number of nitrogens with zero attached hydrogens (tertiary/aromatic N) is 1. The fourth-order valence-corrected chi connectivity index (χ4v) is 2.08. The molecule has 1 heterocycles. The molecule has 19 heavy (non-hydrogen) atoms. The third-order valence-electron chi connectivity index (χ3n) is 3.12. The molecule has 2 rings (SSSR count). The lowest BCUT2D eigenvalue weighted by Gasteiger charge is -2.10. The Morgan fingerprint density at radius 2 is 1.68 bits per heavy atom. The van der Waals surface area contributed by atoms with Crippen molar-refractivity contribution in [2.75, 3.05) is 0 Å². The molecule has 0 atom stereocenters. The Morgan fingerprint density at radius 1 is 1.11 bits per heavy atom. The van der Waals surface area contributed by atoms with Crippen LogP contribution in [0.5, 0.6) is 0 Å². The van der Waals surface area contributed by atoms with Gasteiger partial charge in [0, 0.05) is 23.0 Å². The molecule has 0 aliphatic rings. The zero-order valence-corrected chi connectivity index (χ0v) is 11.9. The molecule has 4 heteroatoms. The molecule has 0 bridgehead atoms. The third-order valence-corrected chi connectivity index (χ3v) is 3.37. The van der Waals surface area contributed by atoms with Crippen molar-refractivity contribution in [1.29, 1.82) is 0 Å². The van der Waals surface area contributed by atoms with Crippen LogP contribution in [0.2, 0.25) is 5.02 Å². The fraction of sp³-hybridized carbons (Fsp3) is 0.267. The van der Waals surface area contributed by atoms with Crippen LogP contribution in [0.25, 0.3) is 0 Å². The predicted octanol–water partition coefficient (Wildman–Crippen LogP) is 3.07. The van der Waals surface area contributed by atoms with Gasteiger partial charge in [-0.15, -0.1) is 0 Å². The molecule has 0 spiro atoms. The van der Waals surface area contributed by atoms with Crippen molar-refractivity contribution < 1.29 is 4.79 Å². The van der Waals surface area contributed by atoms with Crippen LogP contribution in [0.4, 0.5) is 0 Å². The minimum absolute atomic E-state index is 0.0114. The molecule has 2 aromatic rings. The number of aromatic nitrogens is 1. The zero-order valence-electron chi connectivity index (χ0n) is 11.1. The van der Waals surface area contributed by atoms with Gasteiger partial charge in [-0.05, 0) is 43.7 Å². The van der Waals surface area contributed by atoms with Gasteiger partial charge in [-0.3, -0.25) is 4.79 Å². The van der Waals surface area contributed by atoms with E-state index < -0.39 is 0 Å². The Hall–Kier alpha value is -1.74. The number of hydrogen-bond acceptors (Lipinski definition) is 1. The maximum Gasteiger partial charge on any atom is 0.240 e. The third kappa shape index (κ3) is 3.61. The molecule has 1 aromatic heterocycles. The molecule has 0 radical (unpaired) electrons. The van der Waals surface area contributed by atoms with E-state index in [0.29, 0.717) is 18.1 Å². The Kier molecular flexibility index (Phi) is 4.27. The van der Waals surface area contributed by atoms with Crippen LogP contribution < -0.4 is 5.32 Å². The first kappa shape index (κ1) is 13.7. The van der Waals surface area contributed by atoms with E-state index in [9.17, 15) is 4.79 Å². The lowest BCUT2D eigenvalue weighted by atomic mass is 10.2. The molecule has 0 unspecified atom stereocenters. The van der Waals surface area contributed by atoms with Crippen LogP contribution in [0.15, 0.2) is 36.4 Å². The molecule has 1 N–H and O–H groups in total. The average Bonchev–Trinajstić information content (AvgIpc) is 2.70. The molecule has 0 aliphatic carbocycles. The number of nitrogens with one attached hydrogen (secondary N) is 1. The first-order valence-electron chi connectivity index (χ1n) is 6.20. The summed E-state index contributed by atoms with van der Waals surface area (Å²) in [7, 11) is 0. The van der Waals surface area contributed by atoms with Crippen molar-refractivity contribution in [3.63, 3.8) is 0 Å². The Morgan fingerprint density at radius 3 is 2.26 bits per heavy atom. The van der Waals surface area contributed by atoms with E-state index in [0.717, 1.165) is 17.0 Å². The number of aryl methyl sites for hydroxylation is 2. The van der Waals surface area contributed by atoms with E-state index in [1.165, 1.54) is 0 Å². The van der Waals surface area contributed by atoms with Crippen molar-refractivity contribution in [1.82, 2.24) is 9.88 Å². The summed E-state index contributed by atoms with van der Waals surface area (Å²) in [5, 5.41) is 3.61. The Balaban J connectivity index is 1.90. The smallest absolute Gasteiger partial charge is 0.240 e. The highest BCUT2D eigenvalue weighted by atomic mass is 35.5. The van der Waals surface area contributed by atoms with Crippen LogP contribution in [-0.4, -0.2) is 10.5 Å². The van der Waals surface area contributed by atoms with E-state index in [1.807, 2.05) is 54.8 Å². The van der Waals surface area contributed by atoms with Gasteiger partial charge in [0.1, 0.15) is 6.54 Å². The second kappa shape index (κ2) is 5.93. The Labute approximate surface area is 118 Å². The van der Waals surface area contributed by atoms with Crippen LogP contribution in [0.1, 0.15) is 17.0 Å². The summed E-state index contributed by atoms with van der Waals surface area (Å²) in [5.41, 5.74) is 3.23. The van der Waals surface area contributed by atoms with Crippen LogP contribution in [0.3, 0.4) is 0 Å². The van der Waals surface area contributed by atoms with Gasteiger partial charge in [-0.1, -0.05) is 23.7 Å². The molecule has 0 saturated carbocycles. The summed E-state index contributed by atoms with van der Waals surface area (Å²) in [6, 6.07) is 11.5. The van der Waals surface area contributed by atoms with Gasteiger partial charge >= 0.3 is 0 Å². The first-order chi connectivity index (χ1) is 9.06. The summed E-state index contributed by atoms with van der Waals surface area (Å²) in [6.45, 7) is 4.88. The highest BCUT2D eigenvalue weighted by molar-refractivity contribution is 6.30. The molecule has 1 amide bonds. The number of amides is 1. The normalized spacial score (nSPS) is 10.5. The summed E-state index contributed by atoms with van der Waals surface area (Å²) in [5.74, 6) is 0.0114. The topological polar surface area (TPSA) is 34.0 Å². The van der Waals surface area contributed by atoms with Crippen molar-refractivity contribution in [2.24, 2.45) is 0 Å². The monoisotopic (exact) mass is 276 g/mol. The predicted molar refractivity (Wildman–Crippen MR) is 77.2 cm³/mol. The summed E-state index contributed by atoms with van der Waals surface area (Å²) in [6.07, 6.45) is 0. The molecule has 0 aliphatic heterocycles. The van der Waals surface area contributed by atoms with E-state index >= 15 is 0 Å². The SMILES string of the molecule is Cc1ccc(C)n1CC(=O)NCc1ccc(Cl)cc1. The van der Waals surface area contributed by atoms with Crippen LogP contribution in [-0.2, 0) is 17.9 Å². The van der Waals surface area contributed by atoms with E-state index in [2.05, 4.69) is 5.32 Å². The van der Waals surface area contributed by atoms with E-state index in [4.69, 9.17) is 11.6 Å². The summed E-state index contributed by atoms with van der Waals surface area (Å²) >= 11 is 5.81. The number of hydrogen-bond donors (Lipinski definition) is 1. The quantitative estimate of drug-likeness (QED) is 0.915. The summed E-state index contributed by atoms with van der Waals surface area (Å²) in [4.78, 5) is 11.9. The molecule has 100 valence electrons. The van der Waals surface area contributed by atoms with Gasteiger partial charge in [0.15, 0.2) is 0 Å². The lowest BCUT2D eigenvalue weighted by Crippen LogP contribution is -2.27. The molecule has 0 saturated heterocycles. The molecular formula is C15H17ClN2O. The second-order valence-electron chi connectivity index (χ2n) is 4.61. The van der Waals surface area contributed by atoms with Crippen molar-refractivity contribution in [2.45, 2.75) is 26.9 Å². The second-order valence-corrected chi connectivity index (χ2v) is 5.04. The molecule has 0 fully saturated rings. The van der Waals surface area contributed by atoms with Crippen molar-refractivity contribution in [3.05, 3.63) is 58.4 Å². The molecular weight excluding hydrogens is 260 g/mol. The van der Waals surface area contributed by atoms with Gasteiger partial charge in [0.25, 0.3) is 0 Å². The average molecular weight is 277 g/mol. The number of carbonyl (C=O) groups is 1. The highest BCUT2D eigenvalue weighted by Gasteiger charge is 2.06. The van der Waals surface area contributed by atoms with Crippen molar-refractivity contribution >= 4 is 17.5 Å². The number of benzene rings is 1. The Bertz CT molecular complexity index is 553. The highest BCUT2D eigenvalue weighted by Crippen LogP contribution is 2.09. The van der Waals surface area contributed by atoms with Gasteiger partial charge < -0.3 is 9.88 Å². The van der Waals surface area contributed by atoms with Gasteiger partial charge in [0.2, 0.25) is 5.91 Å². The standard InChI is InChI=1S/C15H17ClN2O/c1-11-3-4-12(2)18(11)10-15(19)17-9-13-5-7-14(16)8-6-13/h3-8H,9-10H2,1-2H3,(H,17,19). The number of halogens is 1. The minimum atomic E-state index is 0.0114. The molecule has 1 aromatic carbocycles. The summed E-state index contributed by atoms with van der Waals surface area (Å²) < 4.78 is 2.00. The van der Waals surface area contributed by atoms with E-state index in [-0.39, 0.29) is 5.91 Å².